The molecule has 3 atom stereocenters. The summed E-state index contributed by atoms with van der Waals surface area (Å²) >= 11 is 6.06. The van der Waals surface area contributed by atoms with Gasteiger partial charge in [-0.3, -0.25) is 0 Å². The van der Waals surface area contributed by atoms with E-state index in [0.29, 0.717) is 6.04 Å². The Hall–Kier alpha value is -0.530. The zero-order valence-electron chi connectivity index (χ0n) is 11.5. The summed E-state index contributed by atoms with van der Waals surface area (Å²) in [6.07, 6.45) is 6.62. The molecule has 0 aromatic heterocycles. The fourth-order valence-corrected chi connectivity index (χ4v) is 3.49. The third-order valence-corrected chi connectivity index (χ3v) is 4.68. The second kappa shape index (κ2) is 6.58. The van der Waals surface area contributed by atoms with Crippen molar-refractivity contribution in [2.75, 3.05) is 7.05 Å². The molecule has 0 spiro atoms. The molecule has 1 aliphatic carbocycles. The lowest BCUT2D eigenvalue weighted by Crippen LogP contribution is -2.34. The number of hydrogen-bond acceptors (Lipinski definition) is 1. The van der Waals surface area contributed by atoms with E-state index in [0.717, 1.165) is 23.3 Å². The van der Waals surface area contributed by atoms with Gasteiger partial charge in [-0.15, -0.1) is 0 Å². The Bertz CT molecular complexity index is 377. The molecule has 100 valence electrons. The lowest BCUT2D eigenvalue weighted by Gasteiger charge is -2.23. The van der Waals surface area contributed by atoms with Crippen molar-refractivity contribution in [3.63, 3.8) is 0 Å². The lowest BCUT2D eigenvalue weighted by molar-refractivity contribution is 0.361. The second-order valence-corrected chi connectivity index (χ2v) is 6.01. The zero-order valence-corrected chi connectivity index (χ0v) is 12.2. The lowest BCUT2D eigenvalue weighted by atomic mass is 9.91. The fourth-order valence-electron chi connectivity index (χ4n) is 3.27. The molecular formula is C16H24ClN. The van der Waals surface area contributed by atoms with Gasteiger partial charge >= 0.3 is 0 Å². The first kappa shape index (κ1) is 13.9. The molecule has 1 aromatic rings. The van der Waals surface area contributed by atoms with Gasteiger partial charge in [-0.25, -0.2) is 0 Å². The molecule has 18 heavy (non-hydrogen) atoms. The van der Waals surface area contributed by atoms with Crippen LogP contribution in [-0.4, -0.2) is 13.1 Å². The molecule has 0 heterocycles. The Morgan fingerprint density at radius 1 is 1.39 bits per heavy atom. The third-order valence-electron chi connectivity index (χ3n) is 4.44. The minimum absolute atomic E-state index is 0.597. The number of hydrogen-bond donors (Lipinski definition) is 1. The highest BCUT2D eigenvalue weighted by Crippen LogP contribution is 2.35. The number of nitrogens with one attached hydrogen (secondary N) is 1. The first-order valence-electron chi connectivity index (χ1n) is 7.14. The van der Waals surface area contributed by atoms with Crippen LogP contribution >= 0.6 is 11.6 Å². The number of benzene rings is 1. The van der Waals surface area contributed by atoms with E-state index in [1.807, 2.05) is 12.1 Å². The van der Waals surface area contributed by atoms with Gasteiger partial charge in [0.2, 0.25) is 0 Å². The Morgan fingerprint density at radius 3 is 2.83 bits per heavy atom. The smallest absolute Gasteiger partial charge is 0.0408 e. The highest BCUT2D eigenvalue weighted by molar-refractivity contribution is 6.30. The molecule has 2 heteroatoms. The van der Waals surface area contributed by atoms with Crippen LogP contribution in [0.3, 0.4) is 0 Å². The van der Waals surface area contributed by atoms with E-state index in [1.165, 1.54) is 31.2 Å². The SMILES string of the molecule is CCC1CCC(C(Cc2cccc(Cl)c2)NC)C1. The first-order chi connectivity index (χ1) is 8.72. The van der Waals surface area contributed by atoms with Crippen LogP contribution in [0.25, 0.3) is 0 Å². The van der Waals surface area contributed by atoms with Crippen molar-refractivity contribution in [1.29, 1.82) is 0 Å². The van der Waals surface area contributed by atoms with Gasteiger partial charge in [0.1, 0.15) is 0 Å². The van der Waals surface area contributed by atoms with Crippen LogP contribution in [0.1, 0.15) is 38.2 Å². The average molecular weight is 266 g/mol. The van der Waals surface area contributed by atoms with Crippen molar-refractivity contribution in [1.82, 2.24) is 5.32 Å². The molecule has 2 rings (SSSR count). The van der Waals surface area contributed by atoms with Crippen LogP contribution in [0.4, 0.5) is 0 Å². The third kappa shape index (κ3) is 3.49. The van der Waals surface area contributed by atoms with E-state index in [2.05, 4.69) is 31.4 Å². The van der Waals surface area contributed by atoms with E-state index in [1.54, 1.807) is 0 Å². The summed E-state index contributed by atoms with van der Waals surface area (Å²) < 4.78 is 0. The Balaban J connectivity index is 1.97. The molecule has 3 unspecified atom stereocenters. The van der Waals surface area contributed by atoms with Crippen molar-refractivity contribution in [3.8, 4) is 0 Å². The van der Waals surface area contributed by atoms with Crippen LogP contribution in [0, 0.1) is 11.8 Å². The summed E-state index contributed by atoms with van der Waals surface area (Å²) in [7, 11) is 2.09. The van der Waals surface area contributed by atoms with Gasteiger partial charge in [-0.2, -0.15) is 0 Å². The maximum Gasteiger partial charge on any atom is 0.0408 e. The summed E-state index contributed by atoms with van der Waals surface area (Å²) in [5, 5.41) is 4.36. The van der Waals surface area contributed by atoms with Crippen molar-refractivity contribution >= 4 is 11.6 Å². The van der Waals surface area contributed by atoms with Crippen molar-refractivity contribution in [3.05, 3.63) is 34.9 Å². The van der Waals surface area contributed by atoms with Crippen LogP contribution in [0.5, 0.6) is 0 Å². The van der Waals surface area contributed by atoms with Gasteiger partial charge in [0.05, 0.1) is 0 Å². The van der Waals surface area contributed by atoms with Gasteiger partial charge in [-0.05, 0) is 55.8 Å². The molecular weight excluding hydrogens is 242 g/mol. The molecule has 0 amide bonds. The maximum absolute atomic E-state index is 6.06. The molecule has 0 saturated heterocycles. The van der Waals surface area contributed by atoms with Gasteiger partial charge in [-0.1, -0.05) is 43.5 Å². The van der Waals surface area contributed by atoms with Crippen LogP contribution in [0.15, 0.2) is 24.3 Å². The highest BCUT2D eigenvalue weighted by Gasteiger charge is 2.29. The largest absolute Gasteiger partial charge is 0.316 e. The van der Waals surface area contributed by atoms with E-state index in [9.17, 15) is 0 Å². The first-order valence-corrected chi connectivity index (χ1v) is 7.52. The molecule has 1 saturated carbocycles. The van der Waals surface area contributed by atoms with Crippen LogP contribution in [-0.2, 0) is 6.42 Å². The van der Waals surface area contributed by atoms with Crippen LogP contribution in [0.2, 0.25) is 5.02 Å². The predicted molar refractivity (Wildman–Crippen MR) is 79.1 cm³/mol. The Morgan fingerprint density at radius 2 is 2.22 bits per heavy atom. The maximum atomic E-state index is 6.06. The molecule has 0 bridgehead atoms. The minimum Gasteiger partial charge on any atom is -0.316 e. The highest BCUT2D eigenvalue weighted by atomic mass is 35.5. The number of likely N-dealkylation sites (N-methyl/N-ethyl adjacent to an activating group) is 1. The van der Waals surface area contributed by atoms with Crippen molar-refractivity contribution in [2.24, 2.45) is 11.8 Å². The minimum atomic E-state index is 0.597. The topological polar surface area (TPSA) is 12.0 Å². The molecule has 0 radical (unpaired) electrons. The van der Waals surface area contributed by atoms with Gasteiger partial charge < -0.3 is 5.32 Å². The summed E-state index contributed by atoms with van der Waals surface area (Å²) in [6.45, 7) is 2.32. The quantitative estimate of drug-likeness (QED) is 0.837. The summed E-state index contributed by atoms with van der Waals surface area (Å²) in [5.41, 5.74) is 1.35. The second-order valence-electron chi connectivity index (χ2n) is 5.58. The Labute approximate surface area is 116 Å². The van der Waals surface area contributed by atoms with E-state index in [-0.39, 0.29) is 0 Å². The Kier molecular flexibility index (Phi) is 5.08. The zero-order chi connectivity index (χ0) is 13.0. The van der Waals surface area contributed by atoms with Gasteiger partial charge in [0, 0.05) is 11.1 Å². The summed E-state index contributed by atoms with van der Waals surface area (Å²) in [4.78, 5) is 0. The summed E-state index contributed by atoms with van der Waals surface area (Å²) in [5.74, 6) is 1.78. The van der Waals surface area contributed by atoms with Crippen molar-refractivity contribution < 1.29 is 0 Å². The predicted octanol–water partition coefficient (Wildman–Crippen LogP) is 4.30. The van der Waals surface area contributed by atoms with E-state index in [4.69, 9.17) is 11.6 Å². The molecule has 0 aliphatic heterocycles. The van der Waals surface area contributed by atoms with Crippen LogP contribution < -0.4 is 5.32 Å². The van der Waals surface area contributed by atoms with E-state index >= 15 is 0 Å². The monoisotopic (exact) mass is 265 g/mol. The van der Waals surface area contributed by atoms with Gasteiger partial charge in [0.25, 0.3) is 0 Å². The molecule has 1 N–H and O–H groups in total. The molecule has 1 aliphatic rings. The molecule has 1 fully saturated rings. The number of halogens is 1. The van der Waals surface area contributed by atoms with Gasteiger partial charge in [0.15, 0.2) is 0 Å². The van der Waals surface area contributed by atoms with E-state index < -0.39 is 0 Å². The standard InChI is InChI=1S/C16H24ClN/c1-3-12-7-8-14(9-12)16(18-2)11-13-5-4-6-15(17)10-13/h4-6,10,12,14,16,18H,3,7-9,11H2,1-2H3. The molecule has 1 aromatic carbocycles. The average Bonchev–Trinajstić information content (AvgIpc) is 2.84. The normalized spacial score (nSPS) is 25.3. The number of rotatable bonds is 5. The van der Waals surface area contributed by atoms with Crippen molar-refractivity contribution in [2.45, 2.75) is 45.1 Å². The molecule has 1 nitrogen and oxygen atoms in total. The fraction of sp³-hybridized carbons (Fsp3) is 0.625. The summed E-state index contributed by atoms with van der Waals surface area (Å²) in [6, 6.07) is 8.87.